The third-order valence-electron chi connectivity index (χ3n) is 4.54. The van der Waals surface area contributed by atoms with Crippen LogP contribution in [0.25, 0.3) is 0 Å². The van der Waals surface area contributed by atoms with E-state index in [2.05, 4.69) is 5.32 Å². The SMILES string of the molecule is CCCN1C(=O)CCC(N2Cc3c(NC(=O)O)cccc3C2=O)C1=O. The Morgan fingerprint density at radius 2 is 2.08 bits per heavy atom. The van der Waals surface area contributed by atoms with Crippen molar-refractivity contribution in [1.29, 1.82) is 0 Å². The fourth-order valence-corrected chi connectivity index (χ4v) is 3.41. The molecule has 8 heteroatoms. The standard InChI is InChI=1S/C17H19N3O5/c1-2-8-19-14(21)7-6-13(16(19)23)20-9-11-10(15(20)22)4-3-5-12(11)18-17(24)25/h3-5,13,18H,2,6-9H2,1H3,(H,24,25). The smallest absolute Gasteiger partial charge is 0.409 e. The maximum absolute atomic E-state index is 12.7. The van der Waals surface area contributed by atoms with Crippen molar-refractivity contribution in [3.63, 3.8) is 0 Å². The van der Waals surface area contributed by atoms with Gasteiger partial charge in [0.15, 0.2) is 0 Å². The summed E-state index contributed by atoms with van der Waals surface area (Å²) in [5.74, 6) is -0.874. The fraction of sp³-hybridized carbons (Fsp3) is 0.412. The monoisotopic (exact) mass is 345 g/mol. The van der Waals surface area contributed by atoms with Crippen LogP contribution in [0.2, 0.25) is 0 Å². The number of anilines is 1. The fourth-order valence-electron chi connectivity index (χ4n) is 3.41. The van der Waals surface area contributed by atoms with Crippen LogP contribution >= 0.6 is 0 Å². The zero-order chi connectivity index (χ0) is 18.1. The van der Waals surface area contributed by atoms with Crippen molar-refractivity contribution >= 4 is 29.5 Å². The summed E-state index contributed by atoms with van der Waals surface area (Å²) < 4.78 is 0. The molecule has 0 spiro atoms. The average molecular weight is 345 g/mol. The molecule has 25 heavy (non-hydrogen) atoms. The minimum atomic E-state index is -1.22. The quantitative estimate of drug-likeness (QED) is 0.807. The number of imide groups is 1. The van der Waals surface area contributed by atoms with E-state index < -0.39 is 12.1 Å². The summed E-state index contributed by atoms with van der Waals surface area (Å²) in [6, 6.07) is 4.11. The number of piperidine rings is 1. The summed E-state index contributed by atoms with van der Waals surface area (Å²) in [5.41, 5.74) is 1.28. The molecule has 0 aromatic heterocycles. The highest BCUT2D eigenvalue weighted by Crippen LogP contribution is 2.33. The molecule has 1 atom stereocenters. The molecule has 1 aromatic carbocycles. The topological polar surface area (TPSA) is 107 Å². The van der Waals surface area contributed by atoms with E-state index >= 15 is 0 Å². The van der Waals surface area contributed by atoms with Gasteiger partial charge < -0.3 is 10.0 Å². The van der Waals surface area contributed by atoms with Crippen LogP contribution in [0.15, 0.2) is 18.2 Å². The number of carbonyl (C=O) groups is 4. The first-order chi connectivity index (χ1) is 11.9. The van der Waals surface area contributed by atoms with Crippen molar-refractivity contribution < 1.29 is 24.3 Å². The second-order valence-electron chi connectivity index (χ2n) is 6.13. The third kappa shape index (κ3) is 2.95. The Hall–Kier alpha value is -2.90. The Labute approximate surface area is 144 Å². The van der Waals surface area contributed by atoms with Gasteiger partial charge in [0.05, 0.1) is 0 Å². The first-order valence-electron chi connectivity index (χ1n) is 8.21. The van der Waals surface area contributed by atoms with Crippen LogP contribution in [0.1, 0.15) is 42.1 Å². The lowest BCUT2D eigenvalue weighted by Gasteiger charge is -2.35. The number of carboxylic acid groups (broad SMARTS) is 1. The van der Waals surface area contributed by atoms with E-state index in [-0.39, 0.29) is 30.7 Å². The van der Waals surface area contributed by atoms with Gasteiger partial charge in [-0.15, -0.1) is 0 Å². The summed E-state index contributed by atoms with van der Waals surface area (Å²) in [6.07, 6.45) is -0.0473. The lowest BCUT2D eigenvalue weighted by atomic mass is 10.0. The van der Waals surface area contributed by atoms with Gasteiger partial charge in [-0.2, -0.15) is 0 Å². The van der Waals surface area contributed by atoms with Crippen LogP contribution in [-0.2, 0) is 16.1 Å². The van der Waals surface area contributed by atoms with Gasteiger partial charge >= 0.3 is 6.09 Å². The minimum absolute atomic E-state index is 0.148. The van der Waals surface area contributed by atoms with Gasteiger partial charge in [-0.25, -0.2) is 4.79 Å². The van der Waals surface area contributed by atoms with Gasteiger partial charge in [-0.05, 0) is 25.0 Å². The highest BCUT2D eigenvalue weighted by Gasteiger charge is 2.42. The van der Waals surface area contributed by atoms with Crippen molar-refractivity contribution in [1.82, 2.24) is 9.80 Å². The van der Waals surface area contributed by atoms with Gasteiger partial charge in [0, 0.05) is 36.3 Å². The number of benzene rings is 1. The number of rotatable bonds is 4. The molecule has 8 nitrogen and oxygen atoms in total. The molecule has 2 aliphatic rings. The zero-order valence-corrected chi connectivity index (χ0v) is 13.8. The lowest BCUT2D eigenvalue weighted by Crippen LogP contribution is -2.54. The van der Waals surface area contributed by atoms with E-state index in [1.165, 1.54) is 9.80 Å². The van der Waals surface area contributed by atoms with Crippen LogP contribution in [-0.4, -0.2) is 51.3 Å². The summed E-state index contributed by atoms with van der Waals surface area (Å²) in [4.78, 5) is 50.9. The largest absolute Gasteiger partial charge is 0.465 e. The molecule has 2 heterocycles. The van der Waals surface area contributed by atoms with E-state index in [0.29, 0.717) is 36.2 Å². The van der Waals surface area contributed by atoms with E-state index in [0.717, 1.165) is 0 Å². The molecule has 0 bridgehead atoms. The van der Waals surface area contributed by atoms with Crippen LogP contribution in [0.5, 0.6) is 0 Å². The molecule has 3 rings (SSSR count). The summed E-state index contributed by atoms with van der Waals surface area (Å²) in [7, 11) is 0. The molecule has 2 N–H and O–H groups in total. The predicted molar refractivity (Wildman–Crippen MR) is 88.0 cm³/mol. The lowest BCUT2D eigenvalue weighted by molar-refractivity contribution is -0.152. The summed E-state index contributed by atoms with van der Waals surface area (Å²) >= 11 is 0. The molecule has 0 saturated carbocycles. The number of nitrogens with zero attached hydrogens (tertiary/aromatic N) is 2. The Morgan fingerprint density at radius 3 is 2.76 bits per heavy atom. The normalized spacial score (nSPS) is 20.0. The first-order valence-corrected chi connectivity index (χ1v) is 8.21. The molecule has 1 saturated heterocycles. The number of hydrogen-bond acceptors (Lipinski definition) is 4. The minimum Gasteiger partial charge on any atom is -0.465 e. The van der Waals surface area contributed by atoms with Gasteiger partial charge in [0.2, 0.25) is 5.91 Å². The number of amides is 4. The number of hydrogen-bond donors (Lipinski definition) is 2. The highest BCUT2D eigenvalue weighted by molar-refractivity contribution is 6.06. The van der Waals surface area contributed by atoms with Crippen LogP contribution in [0.4, 0.5) is 10.5 Å². The van der Waals surface area contributed by atoms with Crippen LogP contribution in [0.3, 0.4) is 0 Å². The number of likely N-dealkylation sites (tertiary alicyclic amines) is 1. The van der Waals surface area contributed by atoms with E-state index in [1.54, 1.807) is 18.2 Å². The van der Waals surface area contributed by atoms with E-state index in [9.17, 15) is 19.2 Å². The maximum atomic E-state index is 12.7. The van der Waals surface area contributed by atoms with Crippen LogP contribution < -0.4 is 5.32 Å². The average Bonchev–Trinajstić information content (AvgIpc) is 2.89. The maximum Gasteiger partial charge on any atom is 0.409 e. The zero-order valence-electron chi connectivity index (χ0n) is 13.8. The Bertz CT molecular complexity index is 761. The van der Waals surface area contributed by atoms with E-state index in [1.807, 2.05) is 6.92 Å². The van der Waals surface area contributed by atoms with Gasteiger partial charge in [-0.3, -0.25) is 24.6 Å². The van der Waals surface area contributed by atoms with Crippen LogP contribution in [0, 0.1) is 0 Å². The Balaban J connectivity index is 1.87. The molecule has 1 aromatic rings. The van der Waals surface area contributed by atoms with E-state index in [4.69, 9.17) is 5.11 Å². The van der Waals surface area contributed by atoms with Gasteiger partial charge in [-0.1, -0.05) is 13.0 Å². The second-order valence-corrected chi connectivity index (χ2v) is 6.13. The Morgan fingerprint density at radius 1 is 1.32 bits per heavy atom. The van der Waals surface area contributed by atoms with Crippen molar-refractivity contribution in [3.05, 3.63) is 29.3 Å². The summed E-state index contributed by atoms with van der Waals surface area (Å²) in [5, 5.41) is 11.2. The Kier molecular flexibility index (Phi) is 4.43. The van der Waals surface area contributed by atoms with Crippen molar-refractivity contribution in [3.8, 4) is 0 Å². The van der Waals surface area contributed by atoms with Crippen molar-refractivity contribution in [2.24, 2.45) is 0 Å². The molecule has 2 aliphatic heterocycles. The highest BCUT2D eigenvalue weighted by atomic mass is 16.4. The van der Waals surface area contributed by atoms with Crippen molar-refractivity contribution in [2.45, 2.75) is 38.8 Å². The summed E-state index contributed by atoms with van der Waals surface area (Å²) in [6.45, 7) is 2.37. The molecule has 1 fully saturated rings. The molecule has 1 unspecified atom stereocenters. The number of fused-ring (bicyclic) bond motifs is 1. The van der Waals surface area contributed by atoms with Gasteiger partial charge in [0.25, 0.3) is 11.8 Å². The van der Waals surface area contributed by atoms with Gasteiger partial charge in [0.1, 0.15) is 6.04 Å². The molecule has 0 radical (unpaired) electrons. The first kappa shape index (κ1) is 16.9. The number of nitrogens with one attached hydrogen (secondary N) is 1. The molecular weight excluding hydrogens is 326 g/mol. The number of carbonyl (C=O) groups excluding carboxylic acids is 3. The molecule has 0 aliphatic carbocycles. The predicted octanol–water partition coefficient (Wildman–Crippen LogP) is 1.66. The third-order valence-corrected chi connectivity index (χ3v) is 4.54. The molecule has 4 amide bonds. The van der Waals surface area contributed by atoms with Crippen molar-refractivity contribution in [2.75, 3.05) is 11.9 Å². The molecule has 132 valence electrons. The second kappa shape index (κ2) is 6.54. The molecular formula is C17H19N3O5.